The maximum Gasteiger partial charge on any atom is 0.0764 e. The molecule has 0 atom stereocenters. The van der Waals surface area contributed by atoms with Gasteiger partial charge in [-0.1, -0.05) is 34.8 Å². The molecule has 19 heavy (non-hydrogen) atoms. The average Bonchev–Trinajstić information content (AvgIpc) is 2.29. The quantitative estimate of drug-likeness (QED) is 0.623. The Labute approximate surface area is 135 Å². The largest absolute Gasteiger partial charge is 0.399 e. The van der Waals surface area contributed by atoms with Crippen LogP contribution in [-0.4, -0.2) is 0 Å². The molecule has 3 N–H and O–H groups in total. The van der Waals surface area contributed by atoms with Crippen LogP contribution >= 0.6 is 50.7 Å². The molecule has 0 saturated heterocycles. The smallest absolute Gasteiger partial charge is 0.0764 e. The van der Waals surface area contributed by atoms with E-state index < -0.39 is 0 Å². The van der Waals surface area contributed by atoms with Crippen LogP contribution in [0.2, 0.25) is 15.1 Å². The molecule has 2 aromatic carbocycles. The molecule has 6 heteroatoms. The monoisotopic (exact) mass is 378 g/mol. The van der Waals surface area contributed by atoms with E-state index in [-0.39, 0.29) is 0 Å². The Morgan fingerprint density at radius 3 is 2.16 bits per heavy atom. The number of halogens is 4. The van der Waals surface area contributed by atoms with Crippen LogP contribution in [0, 0.1) is 6.92 Å². The first-order chi connectivity index (χ1) is 8.88. The topological polar surface area (TPSA) is 38.0 Å². The van der Waals surface area contributed by atoms with Gasteiger partial charge in [0.1, 0.15) is 0 Å². The summed E-state index contributed by atoms with van der Waals surface area (Å²) in [6, 6.07) is 7.01. The maximum atomic E-state index is 6.13. The Balaban J connectivity index is 2.45. The summed E-state index contributed by atoms with van der Waals surface area (Å²) < 4.78 is 0.873. The number of nitrogens with one attached hydrogen (secondary N) is 1. The molecule has 2 nitrogen and oxygen atoms in total. The third kappa shape index (κ3) is 3.29. The lowest BCUT2D eigenvalue weighted by Gasteiger charge is -2.14. The van der Waals surface area contributed by atoms with Crippen molar-refractivity contribution in [1.29, 1.82) is 0 Å². The third-order valence-electron chi connectivity index (χ3n) is 2.57. The number of nitrogens with two attached hydrogens (primary N) is 1. The zero-order chi connectivity index (χ0) is 14.2. The molecular formula is C13H10BrCl3N2. The minimum absolute atomic E-state index is 0.452. The van der Waals surface area contributed by atoms with Crippen molar-refractivity contribution in [3.63, 3.8) is 0 Å². The molecule has 2 rings (SSSR count). The zero-order valence-corrected chi connectivity index (χ0v) is 13.8. The SMILES string of the molecule is Cc1cc(Br)c(Nc2c(Cl)cc(N)cc2Cl)cc1Cl. The van der Waals surface area contributed by atoms with Gasteiger partial charge in [0.25, 0.3) is 0 Å². The lowest BCUT2D eigenvalue weighted by atomic mass is 10.2. The molecule has 2 aromatic rings. The fourth-order valence-electron chi connectivity index (χ4n) is 1.59. The number of hydrogen-bond acceptors (Lipinski definition) is 2. The van der Waals surface area contributed by atoms with Gasteiger partial charge in [0, 0.05) is 15.2 Å². The number of benzene rings is 2. The highest BCUT2D eigenvalue weighted by molar-refractivity contribution is 9.10. The van der Waals surface area contributed by atoms with E-state index >= 15 is 0 Å². The molecule has 100 valence electrons. The predicted molar refractivity (Wildman–Crippen MR) is 88.0 cm³/mol. The maximum absolute atomic E-state index is 6.13. The van der Waals surface area contributed by atoms with Gasteiger partial charge in [0.05, 0.1) is 21.4 Å². The predicted octanol–water partition coefficient (Wildman–Crippen LogP) is 6.04. The number of nitrogen functional groups attached to an aromatic ring is 1. The molecule has 0 spiro atoms. The van der Waals surface area contributed by atoms with Gasteiger partial charge in [-0.2, -0.15) is 0 Å². The number of aryl methyl sites for hydroxylation is 1. The van der Waals surface area contributed by atoms with E-state index in [9.17, 15) is 0 Å². The summed E-state index contributed by atoms with van der Waals surface area (Å²) in [6.07, 6.45) is 0. The van der Waals surface area contributed by atoms with Crippen LogP contribution in [-0.2, 0) is 0 Å². The van der Waals surface area contributed by atoms with Crippen molar-refractivity contribution in [2.24, 2.45) is 0 Å². The van der Waals surface area contributed by atoms with Crippen molar-refractivity contribution in [3.05, 3.63) is 49.4 Å². The minimum atomic E-state index is 0.452. The number of rotatable bonds is 2. The molecule has 0 bridgehead atoms. The summed E-state index contributed by atoms with van der Waals surface area (Å²) >= 11 is 21.8. The molecule has 0 heterocycles. The molecule has 0 aliphatic rings. The Hall–Kier alpha value is -0.610. The third-order valence-corrected chi connectivity index (χ3v) is 4.23. The zero-order valence-electron chi connectivity index (χ0n) is 9.90. The molecule has 0 saturated carbocycles. The van der Waals surface area contributed by atoms with E-state index in [4.69, 9.17) is 40.5 Å². The van der Waals surface area contributed by atoms with Gasteiger partial charge in [-0.3, -0.25) is 0 Å². The molecular weight excluding hydrogens is 370 g/mol. The van der Waals surface area contributed by atoms with Gasteiger partial charge >= 0.3 is 0 Å². The van der Waals surface area contributed by atoms with Crippen molar-refractivity contribution in [3.8, 4) is 0 Å². The second-order valence-electron chi connectivity index (χ2n) is 4.07. The molecule has 0 radical (unpaired) electrons. The van der Waals surface area contributed by atoms with Crippen LogP contribution < -0.4 is 11.1 Å². The van der Waals surface area contributed by atoms with Crippen molar-refractivity contribution in [2.45, 2.75) is 6.92 Å². The number of anilines is 3. The van der Waals surface area contributed by atoms with Gasteiger partial charge in [-0.25, -0.2) is 0 Å². The fourth-order valence-corrected chi connectivity index (χ4v) is 2.91. The van der Waals surface area contributed by atoms with Crippen LogP contribution in [0.4, 0.5) is 17.1 Å². The highest BCUT2D eigenvalue weighted by Crippen LogP contribution is 2.38. The lowest BCUT2D eigenvalue weighted by Crippen LogP contribution is -1.96. The Morgan fingerprint density at radius 2 is 1.58 bits per heavy atom. The van der Waals surface area contributed by atoms with Crippen LogP contribution in [0.3, 0.4) is 0 Å². The van der Waals surface area contributed by atoms with E-state index in [1.165, 1.54) is 0 Å². The summed E-state index contributed by atoms with van der Waals surface area (Å²) in [5.41, 5.74) is 8.54. The first kappa shape index (κ1) is 14.8. The van der Waals surface area contributed by atoms with Crippen LogP contribution in [0.25, 0.3) is 0 Å². The standard InChI is InChI=1S/C13H10BrCl3N2/c1-6-2-8(14)12(5-9(6)15)19-13-10(16)3-7(18)4-11(13)17/h2-5,19H,18H2,1H3. The first-order valence-electron chi connectivity index (χ1n) is 5.35. The second-order valence-corrected chi connectivity index (χ2v) is 6.14. The summed E-state index contributed by atoms with van der Waals surface area (Å²) in [5.74, 6) is 0. The van der Waals surface area contributed by atoms with E-state index in [0.29, 0.717) is 26.4 Å². The summed E-state index contributed by atoms with van der Waals surface area (Å²) in [7, 11) is 0. The average molecular weight is 381 g/mol. The van der Waals surface area contributed by atoms with Gasteiger partial charge in [0.2, 0.25) is 0 Å². The Bertz CT molecular complexity index is 621. The van der Waals surface area contributed by atoms with Crippen LogP contribution in [0.5, 0.6) is 0 Å². The van der Waals surface area contributed by atoms with Crippen molar-refractivity contribution >= 4 is 67.8 Å². The van der Waals surface area contributed by atoms with E-state index in [1.54, 1.807) is 12.1 Å². The molecule has 0 aromatic heterocycles. The minimum Gasteiger partial charge on any atom is -0.399 e. The second kappa shape index (κ2) is 5.80. The van der Waals surface area contributed by atoms with Gasteiger partial charge < -0.3 is 11.1 Å². The molecule has 0 fully saturated rings. The van der Waals surface area contributed by atoms with Crippen molar-refractivity contribution < 1.29 is 0 Å². The van der Waals surface area contributed by atoms with E-state index in [0.717, 1.165) is 15.7 Å². The summed E-state index contributed by atoms with van der Waals surface area (Å²) in [5, 5.41) is 4.72. The summed E-state index contributed by atoms with van der Waals surface area (Å²) in [6.45, 7) is 1.93. The molecule has 0 amide bonds. The van der Waals surface area contributed by atoms with Crippen LogP contribution in [0.1, 0.15) is 5.56 Å². The molecule has 0 unspecified atom stereocenters. The van der Waals surface area contributed by atoms with Gasteiger partial charge in [0.15, 0.2) is 0 Å². The molecule has 0 aliphatic heterocycles. The normalized spacial score (nSPS) is 10.6. The lowest BCUT2D eigenvalue weighted by molar-refractivity contribution is 1.43. The van der Waals surface area contributed by atoms with Crippen LogP contribution in [0.15, 0.2) is 28.7 Å². The van der Waals surface area contributed by atoms with E-state index in [2.05, 4.69) is 21.2 Å². The molecule has 0 aliphatic carbocycles. The van der Waals surface area contributed by atoms with E-state index in [1.807, 2.05) is 19.1 Å². The number of hydrogen-bond donors (Lipinski definition) is 2. The van der Waals surface area contributed by atoms with Crippen molar-refractivity contribution in [2.75, 3.05) is 11.1 Å². The first-order valence-corrected chi connectivity index (χ1v) is 7.28. The fraction of sp³-hybridized carbons (Fsp3) is 0.0769. The highest BCUT2D eigenvalue weighted by Gasteiger charge is 2.10. The summed E-state index contributed by atoms with van der Waals surface area (Å²) in [4.78, 5) is 0. The van der Waals surface area contributed by atoms with Gasteiger partial charge in [-0.05, 0) is 52.7 Å². The Kier molecular flexibility index (Phi) is 4.51. The van der Waals surface area contributed by atoms with Gasteiger partial charge in [-0.15, -0.1) is 0 Å². The Morgan fingerprint density at radius 1 is 1.00 bits per heavy atom. The highest BCUT2D eigenvalue weighted by atomic mass is 79.9. The van der Waals surface area contributed by atoms with Crippen molar-refractivity contribution in [1.82, 2.24) is 0 Å².